The molecule has 0 atom stereocenters. The highest BCUT2D eigenvalue weighted by atomic mass is 35.5. The Labute approximate surface area is 157 Å². The summed E-state index contributed by atoms with van der Waals surface area (Å²) in [5.41, 5.74) is 4.53. The van der Waals surface area contributed by atoms with Crippen molar-refractivity contribution < 1.29 is 19.0 Å². The third-order valence-corrected chi connectivity index (χ3v) is 3.80. The van der Waals surface area contributed by atoms with Crippen LogP contribution in [0.1, 0.15) is 28.4 Å². The second-order valence-corrected chi connectivity index (χ2v) is 5.78. The third-order valence-electron chi connectivity index (χ3n) is 3.52. The zero-order chi connectivity index (χ0) is 19.1. The molecule has 1 amide bonds. The van der Waals surface area contributed by atoms with Crippen molar-refractivity contribution in [3.63, 3.8) is 0 Å². The smallest absolute Gasteiger partial charge is 0.275 e. The minimum absolute atomic E-state index is 0.373. The number of carbonyl (C=O) groups excluding carboxylic acids is 1. The standard InChI is InChI=1S/C19H21ClN2O4/c1-5-26-18-15(20)9-13(10-17(18)25-4)11-21-22-19(23)14-7-6-12(2)8-16(14)24-3/h6-11H,5H2,1-4H3,(H,22,23)/b21-11-. The van der Waals surface area contributed by atoms with Crippen LogP contribution < -0.4 is 19.6 Å². The van der Waals surface area contributed by atoms with Crippen molar-refractivity contribution in [2.75, 3.05) is 20.8 Å². The molecule has 0 radical (unpaired) electrons. The number of hydrogen-bond donors (Lipinski definition) is 1. The molecule has 0 spiro atoms. The molecule has 26 heavy (non-hydrogen) atoms. The van der Waals surface area contributed by atoms with Crippen molar-refractivity contribution in [2.45, 2.75) is 13.8 Å². The van der Waals surface area contributed by atoms with E-state index in [0.29, 0.717) is 40.0 Å². The van der Waals surface area contributed by atoms with Gasteiger partial charge in [0.05, 0.1) is 37.6 Å². The summed E-state index contributed by atoms with van der Waals surface area (Å²) in [6, 6.07) is 8.71. The predicted molar refractivity (Wildman–Crippen MR) is 102 cm³/mol. The highest BCUT2D eigenvalue weighted by molar-refractivity contribution is 6.32. The van der Waals surface area contributed by atoms with E-state index in [9.17, 15) is 4.79 Å². The van der Waals surface area contributed by atoms with E-state index in [1.54, 1.807) is 24.3 Å². The first-order valence-corrected chi connectivity index (χ1v) is 8.36. The zero-order valence-corrected chi connectivity index (χ0v) is 15.9. The van der Waals surface area contributed by atoms with Gasteiger partial charge in [-0.25, -0.2) is 5.43 Å². The molecule has 0 aromatic heterocycles. The molecule has 2 aromatic rings. The van der Waals surface area contributed by atoms with Gasteiger partial charge in [0.2, 0.25) is 0 Å². The molecule has 0 bridgehead atoms. The number of hydrogen-bond acceptors (Lipinski definition) is 5. The lowest BCUT2D eigenvalue weighted by Crippen LogP contribution is -2.18. The van der Waals surface area contributed by atoms with E-state index < -0.39 is 0 Å². The number of rotatable bonds is 7. The van der Waals surface area contributed by atoms with Gasteiger partial charge in [-0.2, -0.15) is 5.10 Å². The van der Waals surface area contributed by atoms with Gasteiger partial charge < -0.3 is 14.2 Å². The molecule has 138 valence electrons. The van der Waals surface area contributed by atoms with Crippen LogP contribution in [0.3, 0.4) is 0 Å². The molecule has 0 aliphatic carbocycles. The summed E-state index contributed by atoms with van der Waals surface area (Å²) in [5.74, 6) is 1.08. The molecule has 0 aliphatic heterocycles. The molecular formula is C19H21ClN2O4. The maximum atomic E-state index is 12.3. The maximum Gasteiger partial charge on any atom is 0.275 e. The summed E-state index contributed by atoms with van der Waals surface area (Å²) < 4.78 is 16.0. The third kappa shape index (κ3) is 4.67. The number of hydrazone groups is 1. The summed E-state index contributed by atoms with van der Waals surface area (Å²) in [7, 11) is 3.05. The monoisotopic (exact) mass is 376 g/mol. The number of nitrogens with one attached hydrogen (secondary N) is 1. The number of aryl methyl sites for hydroxylation is 1. The van der Waals surface area contributed by atoms with Crippen LogP contribution in [0.4, 0.5) is 0 Å². The molecule has 0 saturated carbocycles. The molecule has 2 aromatic carbocycles. The van der Waals surface area contributed by atoms with Gasteiger partial charge in [-0.1, -0.05) is 17.7 Å². The van der Waals surface area contributed by atoms with Gasteiger partial charge in [0.15, 0.2) is 11.5 Å². The van der Waals surface area contributed by atoms with Crippen LogP contribution in [-0.2, 0) is 0 Å². The lowest BCUT2D eigenvalue weighted by atomic mass is 10.1. The van der Waals surface area contributed by atoms with Crippen molar-refractivity contribution in [1.82, 2.24) is 5.43 Å². The van der Waals surface area contributed by atoms with Crippen LogP contribution in [0.2, 0.25) is 5.02 Å². The predicted octanol–water partition coefficient (Wildman–Crippen LogP) is 3.83. The molecule has 0 fully saturated rings. The Balaban J connectivity index is 2.15. The minimum atomic E-state index is -0.373. The molecule has 0 unspecified atom stereocenters. The Bertz CT molecular complexity index is 821. The minimum Gasteiger partial charge on any atom is -0.496 e. The van der Waals surface area contributed by atoms with Gasteiger partial charge in [-0.15, -0.1) is 0 Å². The maximum absolute atomic E-state index is 12.3. The van der Waals surface area contributed by atoms with Gasteiger partial charge in [-0.05, 0) is 49.2 Å². The van der Waals surface area contributed by atoms with Gasteiger partial charge >= 0.3 is 0 Å². The number of benzene rings is 2. The van der Waals surface area contributed by atoms with Crippen molar-refractivity contribution in [3.05, 3.63) is 52.0 Å². The number of halogens is 1. The Hall–Kier alpha value is -2.73. The molecule has 0 aliphatic rings. The van der Waals surface area contributed by atoms with E-state index in [2.05, 4.69) is 10.5 Å². The fraction of sp³-hybridized carbons (Fsp3) is 0.263. The van der Waals surface area contributed by atoms with Gasteiger partial charge in [-0.3, -0.25) is 4.79 Å². The average Bonchev–Trinajstić information content (AvgIpc) is 2.63. The van der Waals surface area contributed by atoms with Gasteiger partial charge in [0, 0.05) is 0 Å². The summed E-state index contributed by atoms with van der Waals surface area (Å²) in [6.07, 6.45) is 1.47. The summed E-state index contributed by atoms with van der Waals surface area (Å²) in [6.45, 7) is 4.25. The fourth-order valence-corrected chi connectivity index (χ4v) is 2.58. The first-order chi connectivity index (χ1) is 12.5. The fourth-order valence-electron chi connectivity index (χ4n) is 2.31. The van der Waals surface area contributed by atoms with Crippen LogP contribution in [-0.4, -0.2) is 32.9 Å². The highest BCUT2D eigenvalue weighted by Gasteiger charge is 2.12. The second-order valence-electron chi connectivity index (χ2n) is 5.37. The molecule has 6 nitrogen and oxygen atoms in total. The summed E-state index contributed by atoms with van der Waals surface area (Å²) in [5, 5.41) is 4.37. The van der Waals surface area contributed by atoms with E-state index in [4.69, 9.17) is 25.8 Å². The topological polar surface area (TPSA) is 69.2 Å². The van der Waals surface area contributed by atoms with Crippen LogP contribution >= 0.6 is 11.6 Å². The van der Waals surface area contributed by atoms with E-state index in [-0.39, 0.29) is 5.91 Å². The van der Waals surface area contributed by atoms with Crippen LogP contribution in [0.15, 0.2) is 35.4 Å². The van der Waals surface area contributed by atoms with E-state index in [1.807, 2.05) is 19.9 Å². The molecule has 7 heteroatoms. The first kappa shape index (κ1) is 19.6. The molecule has 0 heterocycles. The normalized spacial score (nSPS) is 10.7. The Morgan fingerprint density at radius 1 is 1.19 bits per heavy atom. The number of amides is 1. The molecular weight excluding hydrogens is 356 g/mol. The summed E-state index contributed by atoms with van der Waals surface area (Å²) in [4.78, 5) is 12.3. The second kappa shape index (κ2) is 9.10. The number of methoxy groups -OCH3 is 2. The van der Waals surface area contributed by atoms with Crippen molar-refractivity contribution in [3.8, 4) is 17.2 Å². The van der Waals surface area contributed by atoms with Crippen molar-refractivity contribution >= 4 is 23.7 Å². The van der Waals surface area contributed by atoms with E-state index >= 15 is 0 Å². The zero-order valence-electron chi connectivity index (χ0n) is 15.1. The quantitative estimate of drug-likeness (QED) is 0.589. The lowest BCUT2D eigenvalue weighted by Gasteiger charge is -2.11. The molecule has 1 N–H and O–H groups in total. The first-order valence-electron chi connectivity index (χ1n) is 7.98. The van der Waals surface area contributed by atoms with E-state index in [1.165, 1.54) is 20.4 Å². The molecule has 0 saturated heterocycles. The number of carbonyl (C=O) groups is 1. The van der Waals surface area contributed by atoms with Crippen LogP contribution in [0.5, 0.6) is 17.2 Å². The van der Waals surface area contributed by atoms with Crippen molar-refractivity contribution in [2.24, 2.45) is 5.10 Å². The van der Waals surface area contributed by atoms with Crippen LogP contribution in [0.25, 0.3) is 0 Å². The largest absolute Gasteiger partial charge is 0.496 e. The highest BCUT2D eigenvalue weighted by Crippen LogP contribution is 2.35. The Morgan fingerprint density at radius 3 is 2.58 bits per heavy atom. The average molecular weight is 377 g/mol. The Morgan fingerprint density at radius 2 is 1.92 bits per heavy atom. The Kier molecular flexibility index (Phi) is 6.86. The lowest BCUT2D eigenvalue weighted by molar-refractivity contribution is 0.0952. The SMILES string of the molecule is CCOc1c(Cl)cc(/C=N\NC(=O)c2ccc(C)cc2OC)cc1OC. The van der Waals surface area contributed by atoms with E-state index in [0.717, 1.165) is 5.56 Å². The van der Waals surface area contributed by atoms with Crippen molar-refractivity contribution in [1.29, 1.82) is 0 Å². The number of nitrogens with zero attached hydrogens (tertiary/aromatic N) is 1. The summed E-state index contributed by atoms with van der Waals surface area (Å²) >= 11 is 6.21. The molecule has 2 rings (SSSR count). The van der Waals surface area contributed by atoms with Gasteiger partial charge in [0.25, 0.3) is 5.91 Å². The number of ether oxygens (including phenoxy) is 3. The van der Waals surface area contributed by atoms with Gasteiger partial charge in [0.1, 0.15) is 5.75 Å². The van der Waals surface area contributed by atoms with Crippen LogP contribution in [0, 0.1) is 6.92 Å².